The fraction of sp³-hybridized carbons (Fsp3) is 0.381. The van der Waals surface area contributed by atoms with Gasteiger partial charge < -0.3 is 10.2 Å². The predicted molar refractivity (Wildman–Crippen MR) is 99.3 cm³/mol. The summed E-state index contributed by atoms with van der Waals surface area (Å²) >= 11 is 0. The van der Waals surface area contributed by atoms with Gasteiger partial charge in [-0.3, -0.25) is 0 Å². The summed E-state index contributed by atoms with van der Waals surface area (Å²) in [6.07, 6.45) is 4.47. The summed E-state index contributed by atoms with van der Waals surface area (Å²) in [6, 6.07) is 16.7. The molecule has 0 saturated carbocycles. The average Bonchev–Trinajstić information content (AvgIpc) is 2.84. The van der Waals surface area contributed by atoms with Crippen molar-refractivity contribution in [2.24, 2.45) is 0 Å². The first-order valence-electron chi connectivity index (χ1n) is 8.85. The highest BCUT2D eigenvalue weighted by Crippen LogP contribution is 2.31. The van der Waals surface area contributed by atoms with Crippen LogP contribution in [0.4, 0.5) is 10.5 Å². The van der Waals surface area contributed by atoms with Gasteiger partial charge in [-0.15, -0.1) is 0 Å². The van der Waals surface area contributed by atoms with E-state index in [1.54, 1.807) is 0 Å². The Morgan fingerprint density at radius 2 is 1.75 bits per heavy atom. The third-order valence-corrected chi connectivity index (χ3v) is 4.86. The van der Waals surface area contributed by atoms with E-state index in [9.17, 15) is 4.79 Å². The molecule has 3 heteroatoms. The number of para-hydroxylation sites is 1. The Morgan fingerprint density at radius 3 is 2.50 bits per heavy atom. The summed E-state index contributed by atoms with van der Waals surface area (Å²) in [5.74, 6) is 0. The van der Waals surface area contributed by atoms with Crippen molar-refractivity contribution in [1.82, 2.24) is 4.90 Å². The summed E-state index contributed by atoms with van der Waals surface area (Å²) < 4.78 is 0. The van der Waals surface area contributed by atoms with Crippen molar-refractivity contribution in [2.45, 2.75) is 45.6 Å². The Bertz CT molecular complexity index is 693. The SMILES string of the molecule is Cc1ccc([C@H]2CCCCCN2C(=O)Nc2ccccc2C)cc1. The molecule has 1 aliphatic rings. The Kier molecular flexibility index (Phi) is 5.19. The van der Waals surface area contributed by atoms with Gasteiger partial charge >= 0.3 is 6.03 Å². The molecule has 0 aromatic heterocycles. The number of hydrogen-bond acceptors (Lipinski definition) is 1. The second-order valence-electron chi connectivity index (χ2n) is 6.71. The van der Waals surface area contributed by atoms with Gasteiger partial charge in [-0.05, 0) is 43.9 Å². The number of benzene rings is 2. The summed E-state index contributed by atoms with van der Waals surface area (Å²) in [5, 5.41) is 3.11. The zero-order valence-electron chi connectivity index (χ0n) is 14.6. The molecule has 126 valence electrons. The standard InChI is InChI=1S/C21H26N2O/c1-16-11-13-18(14-12-16)20-10-4-3-7-15-23(20)21(24)22-19-9-6-5-8-17(19)2/h5-6,8-9,11-14,20H,3-4,7,10,15H2,1-2H3,(H,22,24)/t20-/m1/s1. The molecular formula is C21H26N2O. The minimum Gasteiger partial charge on any atom is -0.317 e. The van der Waals surface area contributed by atoms with E-state index in [4.69, 9.17) is 0 Å². The zero-order valence-corrected chi connectivity index (χ0v) is 14.6. The molecule has 3 nitrogen and oxygen atoms in total. The van der Waals surface area contributed by atoms with E-state index in [1.807, 2.05) is 36.1 Å². The molecule has 1 saturated heterocycles. The number of likely N-dealkylation sites (tertiary alicyclic amines) is 1. The van der Waals surface area contributed by atoms with Crippen molar-refractivity contribution in [3.63, 3.8) is 0 Å². The number of hydrogen-bond donors (Lipinski definition) is 1. The number of nitrogens with one attached hydrogen (secondary N) is 1. The third kappa shape index (κ3) is 3.78. The van der Waals surface area contributed by atoms with Gasteiger partial charge in [0.15, 0.2) is 0 Å². The normalized spacial score (nSPS) is 18.1. The van der Waals surface area contributed by atoms with Crippen LogP contribution >= 0.6 is 0 Å². The number of nitrogens with zero attached hydrogens (tertiary/aromatic N) is 1. The summed E-state index contributed by atoms with van der Waals surface area (Å²) in [6.45, 7) is 4.94. The second kappa shape index (κ2) is 7.52. The lowest BCUT2D eigenvalue weighted by atomic mass is 10.00. The van der Waals surface area contributed by atoms with Crippen molar-refractivity contribution in [1.29, 1.82) is 0 Å². The molecule has 1 atom stereocenters. The molecule has 1 aliphatic heterocycles. The first-order chi connectivity index (χ1) is 11.6. The first kappa shape index (κ1) is 16.6. The lowest BCUT2D eigenvalue weighted by molar-refractivity contribution is 0.189. The molecule has 1 heterocycles. The van der Waals surface area contributed by atoms with Crippen LogP contribution in [-0.2, 0) is 0 Å². The molecule has 0 aliphatic carbocycles. The number of rotatable bonds is 2. The van der Waals surface area contributed by atoms with E-state index in [0.29, 0.717) is 0 Å². The largest absolute Gasteiger partial charge is 0.322 e. The van der Waals surface area contributed by atoms with Crippen molar-refractivity contribution in [3.05, 3.63) is 65.2 Å². The average molecular weight is 322 g/mol. The lowest BCUT2D eigenvalue weighted by Crippen LogP contribution is -2.38. The van der Waals surface area contributed by atoms with Gasteiger partial charge in [0.25, 0.3) is 0 Å². The van der Waals surface area contributed by atoms with E-state index < -0.39 is 0 Å². The summed E-state index contributed by atoms with van der Waals surface area (Å²) in [5.41, 5.74) is 4.48. The topological polar surface area (TPSA) is 32.3 Å². The molecule has 1 N–H and O–H groups in total. The summed E-state index contributed by atoms with van der Waals surface area (Å²) in [7, 11) is 0. The van der Waals surface area contributed by atoms with Gasteiger partial charge in [-0.25, -0.2) is 4.79 Å². The molecule has 0 unspecified atom stereocenters. The Balaban J connectivity index is 1.82. The molecule has 2 aromatic carbocycles. The molecule has 0 bridgehead atoms. The molecule has 3 rings (SSSR count). The first-order valence-corrected chi connectivity index (χ1v) is 8.85. The van der Waals surface area contributed by atoms with E-state index >= 15 is 0 Å². The molecule has 2 amide bonds. The number of urea groups is 1. The van der Waals surface area contributed by atoms with Crippen LogP contribution in [0, 0.1) is 13.8 Å². The van der Waals surface area contributed by atoms with E-state index in [-0.39, 0.29) is 12.1 Å². The van der Waals surface area contributed by atoms with Crippen LogP contribution in [0.1, 0.15) is 48.4 Å². The van der Waals surface area contributed by atoms with Crippen molar-refractivity contribution in [2.75, 3.05) is 11.9 Å². The number of amides is 2. The van der Waals surface area contributed by atoms with Crippen LogP contribution in [0.2, 0.25) is 0 Å². The number of carbonyl (C=O) groups excluding carboxylic acids is 1. The zero-order chi connectivity index (χ0) is 16.9. The van der Waals surface area contributed by atoms with Gasteiger partial charge in [-0.2, -0.15) is 0 Å². The monoisotopic (exact) mass is 322 g/mol. The quantitative estimate of drug-likeness (QED) is 0.783. The lowest BCUT2D eigenvalue weighted by Gasteiger charge is -2.31. The maximum atomic E-state index is 12.9. The van der Waals surface area contributed by atoms with Crippen LogP contribution in [0.15, 0.2) is 48.5 Å². The van der Waals surface area contributed by atoms with Crippen molar-refractivity contribution in [3.8, 4) is 0 Å². The van der Waals surface area contributed by atoms with Gasteiger partial charge in [-0.1, -0.05) is 60.9 Å². The Hall–Kier alpha value is -2.29. The predicted octanol–water partition coefficient (Wildman–Crippen LogP) is 5.45. The summed E-state index contributed by atoms with van der Waals surface area (Å²) in [4.78, 5) is 15.0. The van der Waals surface area contributed by atoms with Crippen molar-refractivity contribution < 1.29 is 4.79 Å². The van der Waals surface area contributed by atoms with Gasteiger partial charge in [0, 0.05) is 12.2 Å². The number of carbonyl (C=O) groups is 1. The highest BCUT2D eigenvalue weighted by molar-refractivity contribution is 5.90. The molecule has 0 radical (unpaired) electrons. The second-order valence-corrected chi connectivity index (χ2v) is 6.71. The molecular weight excluding hydrogens is 296 g/mol. The van der Waals surface area contributed by atoms with Crippen LogP contribution in [0.5, 0.6) is 0 Å². The van der Waals surface area contributed by atoms with Crippen LogP contribution < -0.4 is 5.32 Å². The van der Waals surface area contributed by atoms with Crippen LogP contribution in [0.3, 0.4) is 0 Å². The van der Waals surface area contributed by atoms with Gasteiger partial charge in [0.1, 0.15) is 0 Å². The molecule has 0 spiro atoms. The molecule has 24 heavy (non-hydrogen) atoms. The van der Waals surface area contributed by atoms with E-state index in [1.165, 1.54) is 24.0 Å². The van der Waals surface area contributed by atoms with E-state index in [0.717, 1.165) is 30.6 Å². The number of aryl methyl sites for hydroxylation is 2. The fourth-order valence-corrected chi connectivity index (χ4v) is 3.39. The highest BCUT2D eigenvalue weighted by Gasteiger charge is 2.26. The van der Waals surface area contributed by atoms with Crippen LogP contribution in [-0.4, -0.2) is 17.5 Å². The van der Waals surface area contributed by atoms with Crippen molar-refractivity contribution >= 4 is 11.7 Å². The molecule has 2 aromatic rings. The third-order valence-electron chi connectivity index (χ3n) is 4.86. The number of anilines is 1. The maximum absolute atomic E-state index is 12.9. The van der Waals surface area contributed by atoms with Gasteiger partial charge in [0.2, 0.25) is 0 Å². The maximum Gasteiger partial charge on any atom is 0.322 e. The minimum atomic E-state index is 0.0109. The fourth-order valence-electron chi connectivity index (χ4n) is 3.39. The minimum absolute atomic E-state index is 0.0109. The van der Waals surface area contributed by atoms with E-state index in [2.05, 4.69) is 36.5 Å². The highest BCUT2D eigenvalue weighted by atomic mass is 16.2. The van der Waals surface area contributed by atoms with Crippen LogP contribution in [0.25, 0.3) is 0 Å². The smallest absolute Gasteiger partial charge is 0.317 e. The Labute approximate surface area is 144 Å². The Morgan fingerprint density at radius 1 is 1.00 bits per heavy atom. The molecule has 1 fully saturated rings. The van der Waals surface area contributed by atoms with Gasteiger partial charge in [0.05, 0.1) is 6.04 Å².